The molecule has 1 aliphatic heterocycles. The molecule has 1 fully saturated rings. The van der Waals surface area contributed by atoms with Crippen LogP contribution in [0.15, 0.2) is 82.8 Å². The van der Waals surface area contributed by atoms with E-state index >= 15 is 0 Å². The number of hydrogen-bond acceptors (Lipinski definition) is 3. The number of benzene rings is 2. The maximum absolute atomic E-state index is 13.3. The molecule has 1 saturated carbocycles. The predicted molar refractivity (Wildman–Crippen MR) is 139 cm³/mol. The minimum atomic E-state index is -0.147. The van der Waals surface area contributed by atoms with E-state index in [2.05, 4.69) is 6.08 Å². The summed E-state index contributed by atoms with van der Waals surface area (Å²) in [5.41, 5.74) is 4.33. The van der Waals surface area contributed by atoms with Gasteiger partial charge in [-0.1, -0.05) is 53.5 Å². The first kappa shape index (κ1) is 22.1. The Labute approximate surface area is 207 Å². The number of hydrogen-bond donors (Lipinski definition) is 0. The van der Waals surface area contributed by atoms with Gasteiger partial charge in [-0.05, 0) is 83.8 Å². The molecule has 2 aromatic carbocycles. The first-order valence-corrected chi connectivity index (χ1v) is 12.6. The highest BCUT2D eigenvalue weighted by atomic mass is 35.5. The van der Waals surface area contributed by atoms with E-state index in [4.69, 9.17) is 28.3 Å². The van der Waals surface area contributed by atoms with Crippen molar-refractivity contribution in [2.24, 2.45) is 11.0 Å². The van der Waals surface area contributed by atoms with Gasteiger partial charge in [0.05, 0.1) is 11.8 Å². The van der Waals surface area contributed by atoms with Gasteiger partial charge in [-0.15, -0.1) is 11.3 Å². The minimum absolute atomic E-state index is 0.115. The molecule has 2 aliphatic rings. The quantitative estimate of drug-likeness (QED) is 0.340. The van der Waals surface area contributed by atoms with Gasteiger partial charge in [-0.25, -0.2) is 5.01 Å². The predicted octanol–water partition coefficient (Wildman–Crippen LogP) is 7.89. The molecule has 1 aromatic heterocycles. The van der Waals surface area contributed by atoms with Crippen molar-refractivity contribution in [3.8, 4) is 0 Å². The summed E-state index contributed by atoms with van der Waals surface area (Å²) in [6.45, 7) is 0. The molecular weight excluding hydrogens is 471 g/mol. The summed E-state index contributed by atoms with van der Waals surface area (Å²) in [6.07, 6.45) is 8.65. The van der Waals surface area contributed by atoms with Gasteiger partial charge in [0.1, 0.15) is 0 Å². The van der Waals surface area contributed by atoms with Crippen LogP contribution in [0.25, 0.3) is 12.2 Å². The van der Waals surface area contributed by atoms with E-state index in [0.29, 0.717) is 10.0 Å². The van der Waals surface area contributed by atoms with E-state index in [1.54, 1.807) is 22.4 Å². The van der Waals surface area contributed by atoms with E-state index in [1.165, 1.54) is 5.57 Å². The topological polar surface area (TPSA) is 32.7 Å². The number of rotatable bonds is 4. The van der Waals surface area contributed by atoms with Gasteiger partial charge in [-0.3, -0.25) is 4.79 Å². The van der Waals surface area contributed by atoms with Crippen molar-refractivity contribution in [2.75, 3.05) is 0 Å². The number of carbonyl (C=O) groups is 1. The van der Waals surface area contributed by atoms with Crippen LogP contribution >= 0.6 is 34.5 Å². The lowest BCUT2D eigenvalue weighted by molar-refractivity contribution is -0.128. The number of thiophene rings is 1. The summed E-state index contributed by atoms with van der Waals surface area (Å²) >= 11 is 13.8. The van der Waals surface area contributed by atoms with Gasteiger partial charge >= 0.3 is 0 Å². The van der Waals surface area contributed by atoms with Crippen molar-refractivity contribution < 1.29 is 4.79 Å². The normalized spacial score (nSPS) is 21.5. The van der Waals surface area contributed by atoms with Crippen molar-refractivity contribution in [3.05, 3.63) is 104 Å². The van der Waals surface area contributed by atoms with E-state index < -0.39 is 0 Å². The molecule has 33 heavy (non-hydrogen) atoms. The number of carbonyl (C=O) groups excluding carboxylic acids is 1. The number of fused-ring (bicyclic) bond motifs is 1. The zero-order valence-corrected chi connectivity index (χ0v) is 20.2. The second-order valence-corrected chi connectivity index (χ2v) is 10.1. The Morgan fingerprint density at radius 2 is 1.76 bits per heavy atom. The average molecular weight is 493 g/mol. The fourth-order valence-corrected chi connectivity index (χ4v) is 5.42. The summed E-state index contributed by atoms with van der Waals surface area (Å²) in [6, 6.07) is 19.4. The molecule has 0 saturated heterocycles. The van der Waals surface area contributed by atoms with Crippen LogP contribution in [-0.2, 0) is 4.79 Å². The molecule has 0 radical (unpaired) electrons. The first-order chi connectivity index (χ1) is 16.1. The Kier molecular flexibility index (Phi) is 6.50. The fraction of sp³-hybridized carbons (Fsp3) is 0.185. The Morgan fingerprint density at radius 3 is 2.45 bits per heavy atom. The summed E-state index contributed by atoms with van der Waals surface area (Å²) in [5.74, 6) is 0.0358. The third kappa shape index (κ3) is 4.84. The van der Waals surface area contributed by atoms with E-state index in [9.17, 15) is 4.79 Å². The second-order valence-electron chi connectivity index (χ2n) is 8.23. The average Bonchev–Trinajstić information content (AvgIpc) is 3.48. The lowest BCUT2D eigenvalue weighted by atomic mass is 9.77. The number of halogens is 2. The maximum Gasteiger partial charge on any atom is 0.267 e. The second kappa shape index (κ2) is 9.68. The van der Waals surface area contributed by atoms with Gasteiger partial charge in [0.25, 0.3) is 5.91 Å². The van der Waals surface area contributed by atoms with E-state index in [-0.39, 0.29) is 17.9 Å². The molecule has 2 heterocycles. The lowest BCUT2D eigenvalue weighted by Crippen LogP contribution is -2.30. The highest BCUT2D eigenvalue weighted by Crippen LogP contribution is 2.44. The third-order valence-corrected chi connectivity index (χ3v) is 7.42. The summed E-state index contributed by atoms with van der Waals surface area (Å²) < 4.78 is 0. The molecule has 3 aromatic rings. The molecule has 0 bridgehead atoms. The molecule has 1 amide bonds. The minimum Gasteiger partial charge on any atom is -0.268 e. The van der Waals surface area contributed by atoms with Crippen LogP contribution in [0.1, 0.15) is 41.3 Å². The number of hydrazone groups is 1. The van der Waals surface area contributed by atoms with Crippen molar-refractivity contribution in [1.82, 2.24) is 5.01 Å². The van der Waals surface area contributed by atoms with Crippen LogP contribution in [0.4, 0.5) is 0 Å². The van der Waals surface area contributed by atoms with Crippen molar-refractivity contribution in [1.29, 1.82) is 0 Å². The summed E-state index contributed by atoms with van der Waals surface area (Å²) in [7, 11) is 0. The standard InChI is InChI=1S/C27H22Cl2N2OS/c28-21-10-6-18(7-11-21)17-20-3-1-5-24-26(20)30-31(25(32)15-14-23-4-2-16-33-23)27(24)19-8-12-22(29)13-9-19/h2,4,6-17,24,27H,1,3,5H2/b15-14+,20-17+/t24-,27+/m1/s1. The molecule has 0 spiro atoms. The monoisotopic (exact) mass is 492 g/mol. The van der Waals surface area contributed by atoms with Crippen LogP contribution in [-0.4, -0.2) is 16.6 Å². The van der Waals surface area contributed by atoms with Crippen LogP contribution in [0.3, 0.4) is 0 Å². The first-order valence-electron chi connectivity index (χ1n) is 10.9. The molecule has 166 valence electrons. The molecule has 3 nitrogen and oxygen atoms in total. The molecule has 0 N–H and O–H groups in total. The van der Waals surface area contributed by atoms with Crippen LogP contribution in [0, 0.1) is 5.92 Å². The van der Waals surface area contributed by atoms with Gasteiger partial charge < -0.3 is 0 Å². The molecule has 5 rings (SSSR count). The highest BCUT2D eigenvalue weighted by molar-refractivity contribution is 7.10. The van der Waals surface area contributed by atoms with Gasteiger partial charge in [0.15, 0.2) is 0 Å². The molecule has 1 aliphatic carbocycles. The molecule has 0 unspecified atom stereocenters. The molecule has 6 heteroatoms. The lowest BCUT2D eigenvalue weighted by Gasteiger charge is -2.29. The maximum atomic E-state index is 13.3. The number of amides is 1. The summed E-state index contributed by atoms with van der Waals surface area (Å²) in [5, 5.41) is 9.97. The van der Waals surface area contributed by atoms with Crippen molar-refractivity contribution in [2.45, 2.75) is 25.3 Å². The Hall–Kier alpha value is -2.66. The number of nitrogens with zero attached hydrogens (tertiary/aromatic N) is 2. The fourth-order valence-electron chi connectivity index (χ4n) is 4.55. The summed E-state index contributed by atoms with van der Waals surface area (Å²) in [4.78, 5) is 14.4. The number of allylic oxidation sites excluding steroid dienone is 1. The van der Waals surface area contributed by atoms with Gasteiger partial charge in [-0.2, -0.15) is 5.10 Å². The van der Waals surface area contributed by atoms with Crippen molar-refractivity contribution >= 4 is 58.3 Å². The smallest absolute Gasteiger partial charge is 0.267 e. The van der Waals surface area contributed by atoms with E-state index in [0.717, 1.165) is 41.0 Å². The Bertz CT molecular complexity index is 1230. The van der Waals surface area contributed by atoms with Crippen LogP contribution in [0.2, 0.25) is 10.0 Å². The SMILES string of the molecule is O=C(/C=C/c1cccs1)N1N=C2/C(=C/c3ccc(Cl)cc3)CCC[C@H]2[C@@H]1c1ccc(Cl)cc1. The zero-order chi connectivity index (χ0) is 22.8. The molecular formula is C27H22Cl2N2OS. The van der Waals surface area contributed by atoms with E-state index in [1.807, 2.05) is 72.1 Å². The highest BCUT2D eigenvalue weighted by Gasteiger charge is 2.43. The largest absolute Gasteiger partial charge is 0.268 e. The van der Waals surface area contributed by atoms with Gasteiger partial charge in [0.2, 0.25) is 0 Å². The molecule has 2 atom stereocenters. The van der Waals surface area contributed by atoms with Crippen LogP contribution in [0.5, 0.6) is 0 Å². The van der Waals surface area contributed by atoms with Gasteiger partial charge in [0, 0.05) is 26.9 Å². The third-order valence-electron chi connectivity index (χ3n) is 6.08. The zero-order valence-electron chi connectivity index (χ0n) is 17.8. The van der Waals surface area contributed by atoms with Crippen LogP contribution < -0.4 is 0 Å². The van der Waals surface area contributed by atoms with Crippen molar-refractivity contribution in [3.63, 3.8) is 0 Å². The Balaban J connectivity index is 1.52. The Morgan fingerprint density at radius 1 is 1.03 bits per heavy atom.